The summed E-state index contributed by atoms with van der Waals surface area (Å²) < 4.78 is 21.3. The number of aromatic nitrogens is 1. The number of nitrogens with one attached hydrogen (secondary N) is 6. The van der Waals surface area contributed by atoms with Gasteiger partial charge in [0, 0.05) is 92.5 Å². The van der Waals surface area contributed by atoms with Crippen LogP contribution in [0.15, 0.2) is 35.4 Å². The van der Waals surface area contributed by atoms with E-state index in [9.17, 15) is 48.9 Å². The van der Waals surface area contributed by atoms with Crippen molar-refractivity contribution in [3.63, 3.8) is 0 Å². The second-order valence-electron chi connectivity index (χ2n) is 19.8. The van der Waals surface area contributed by atoms with E-state index < -0.39 is 23.6 Å². The number of carbonyl (C=O) groups excluding carboxylic acids is 7. The highest BCUT2D eigenvalue weighted by molar-refractivity contribution is 7.99. The minimum absolute atomic E-state index is 0.0277. The van der Waals surface area contributed by atoms with Crippen molar-refractivity contribution in [1.82, 2.24) is 41.8 Å². The van der Waals surface area contributed by atoms with Crippen LogP contribution in [0.3, 0.4) is 0 Å². The van der Waals surface area contributed by atoms with Gasteiger partial charge in [-0.05, 0) is 97.6 Å². The minimum Gasteiger partial charge on any atom is -0.507 e. The number of carbonyl (C=O) groups is 7. The van der Waals surface area contributed by atoms with Gasteiger partial charge >= 0.3 is 0 Å². The summed E-state index contributed by atoms with van der Waals surface area (Å²) in [6.07, 6.45) is 3.92. The highest BCUT2D eigenvalue weighted by Gasteiger charge is 2.41. The Bertz CT molecular complexity index is 2650. The molecule has 2 aliphatic carbocycles. The van der Waals surface area contributed by atoms with E-state index in [0.29, 0.717) is 73.8 Å². The van der Waals surface area contributed by atoms with Crippen molar-refractivity contribution in [1.29, 1.82) is 5.26 Å². The van der Waals surface area contributed by atoms with Gasteiger partial charge in [0.05, 0.1) is 60.8 Å². The van der Waals surface area contributed by atoms with Gasteiger partial charge in [-0.25, -0.2) is 4.98 Å². The second-order valence-corrected chi connectivity index (χ2v) is 21.3. The molecule has 1 aromatic heterocycles. The van der Waals surface area contributed by atoms with Crippen LogP contribution in [0.4, 0.5) is 0 Å². The third kappa shape index (κ3) is 19.6. The Hall–Kier alpha value is -6.56. The number of methoxy groups -OCH3 is 2. The van der Waals surface area contributed by atoms with Crippen LogP contribution in [-0.4, -0.2) is 190 Å². The molecule has 0 bridgehead atoms. The van der Waals surface area contributed by atoms with Crippen LogP contribution < -0.4 is 36.6 Å². The first-order chi connectivity index (χ1) is 38.9. The number of amides is 4. The summed E-state index contributed by atoms with van der Waals surface area (Å²) in [5.41, 5.74) is 2.08. The molecule has 6 atom stereocenters. The zero-order valence-corrected chi connectivity index (χ0v) is 48.5. The smallest absolute Gasteiger partial charge is 0.236 e. The van der Waals surface area contributed by atoms with Gasteiger partial charge in [0.1, 0.15) is 34.6 Å². The molecule has 444 valence electrons. The summed E-state index contributed by atoms with van der Waals surface area (Å²) in [5, 5.41) is 59.1. The fraction of sp³-hybridized carbons (Fsp3) is 0.561. The summed E-state index contributed by atoms with van der Waals surface area (Å²) in [5.74, 6) is -2.47. The Balaban J connectivity index is 0.000000285. The predicted octanol–water partition coefficient (Wildman–Crippen LogP) is 2.23. The van der Waals surface area contributed by atoms with Crippen molar-refractivity contribution < 1.29 is 67.8 Å². The molecule has 81 heavy (non-hydrogen) atoms. The number of aliphatic hydroxyl groups is 1. The van der Waals surface area contributed by atoms with Crippen LogP contribution in [0, 0.1) is 24.2 Å². The monoisotopic (exact) mass is 1150 g/mol. The largest absolute Gasteiger partial charge is 0.507 e. The normalized spacial score (nSPS) is 19.3. The number of benzene rings is 2. The fourth-order valence-corrected chi connectivity index (χ4v) is 10.2. The third-order valence-corrected chi connectivity index (χ3v) is 14.8. The van der Waals surface area contributed by atoms with Crippen LogP contribution in [0.2, 0.25) is 0 Å². The maximum absolute atomic E-state index is 13.4. The Labute approximate surface area is 478 Å². The van der Waals surface area contributed by atoms with Crippen molar-refractivity contribution in [2.24, 2.45) is 5.92 Å². The van der Waals surface area contributed by atoms with Crippen molar-refractivity contribution in [3.8, 4) is 23.3 Å². The number of rotatable bonds is 22. The van der Waals surface area contributed by atoms with Crippen LogP contribution in [0.1, 0.15) is 114 Å². The molecule has 3 aromatic rings. The molecule has 3 heterocycles. The lowest BCUT2D eigenvalue weighted by atomic mass is 9.75. The predicted molar refractivity (Wildman–Crippen MR) is 302 cm³/mol. The van der Waals surface area contributed by atoms with Crippen LogP contribution in [0.25, 0.3) is 0 Å². The molecule has 2 aromatic carbocycles. The van der Waals surface area contributed by atoms with E-state index in [1.54, 1.807) is 45.0 Å². The lowest BCUT2D eigenvalue weighted by Crippen LogP contribution is -2.57. The minimum atomic E-state index is -0.579. The first-order valence-corrected chi connectivity index (χ1v) is 28.1. The standard InChI is InChI=1S/C30H38N4O7.C11H21NO4.C10H12N2S.C6H10N2O3/c1-16(31-2)29(39)33-13-5-11-32-12-6-14-34-30(40)17-9-10-18-20(15-17)27(37)23-24(25(18)35)28(38)22-19(26(23)36)7-4-8-21(22)41-3;1-8-11(13)9(3-5-15-8)12-4-6-16-10(7-12)14-2;1-7(2)13-10-9(6-11)5-4-8(3)12-10;9-4-3-8-6(11)1-2-7-5-10/h4,7-8,16-17,31-32,35,37H,5-6,9-15H2,1-3H3,(H,33,39)(H,34,40);8-11,13H,3-7H2,1-2H3;4-5,7H,1-3H3;4-5H,1-3H2,(H,7,10)(H,8,11). The molecule has 2 aliphatic heterocycles. The molecule has 0 saturated carbocycles. The summed E-state index contributed by atoms with van der Waals surface area (Å²) in [7, 11) is 4.78. The van der Waals surface area contributed by atoms with Crippen LogP contribution in [0.5, 0.6) is 17.2 Å². The van der Waals surface area contributed by atoms with Gasteiger partial charge in [0.25, 0.3) is 0 Å². The average molecular weight is 1150 g/mol. The number of nitriles is 1. The van der Waals surface area contributed by atoms with Gasteiger partial charge in [-0.15, -0.1) is 11.8 Å². The van der Waals surface area contributed by atoms with Gasteiger partial charge in [0.15, 0.2) is 12.1 Å². The molecule has 24 heteroatoms. The van der Waals surface area contributed by atoms with Crippen molar-refractivity contribution in [2.45, 2.75) is 120 Å². The van der Waals surface area contributed by atoms with Gasteiger partial charge in [-0.2, -0.15) is 5.26 Å². The van der Waals surface area contributed by atoms with Gasteiger partial charge < -0.3 is 71.0 Å². The zero-order chi connectivity index (χ0) is 59.6. The first-order valence-electron chi connectivity index (χ1n) is 27.3. The highest BCUT2D eigenvalue weighted by atomic mass is 32.2. The van der Waals surface area contributed by atoms with Crippen molar-refractivity contribution >= 4 is 53.7 Å². The second kappa shape index (κ2) is 34.7. The van der Waals surface area contributed by atoms with Gasteiger partial charge in [-0.3, -0.25) is 33.7 Å². The number of morpholine rings is 1. The summed E-state index contributed by atoms with van der Waals surface area (Å²) >= 11 is 1.63. The van der Waals surface area contributed by atoms with Crippen molar-refractivity contribution in [3.05, 3.63) is 75.0 Å². The lowest BCUT2D eigenvalue weighted by molar-refractivity contribution is -0.190. The topological polar surface area (TPSA) is 329 Å². The number of phenols is 2. The molecule has 6 unspecified atom stereocenters. The van der Waals surface area contributed by atoms with Crippen LogP contribution >= 0.6 is 11.8 Å². The van der Waals surface area contributed by atoms with Gasteiger partial charge in [-0.1, -0.05) is 26.0 Å². The molecule has 23 nitrogen and oxygen atoms in total. The van der Waals surface area contributed by atoms with E-state index in [4.69, 9.17) is 24.2 Å². The number of fused-ring (bicyclic) bond motifs is 3. The number of ketones is 2. The number of phenolic OH excluding ortho intramolecular Hbond substituents is 2. The average Bonchev–Trinajstić information content (AvgIpc) is 3.65. The number of aromatic hydroxyl groups is 2. The molecular weight excluding hydrogens is 1070 g/mol. The van der Waals surface area contributed by atoms with Crippen LogP contribution in [-0.2, 0) is 51.0 Å². The molecule has 2 saturated heterocycles. The number of hydrogen-bond acceptors (Lipinski definition) is 20. The summed E-state index contributed by atoms with van der Waals surface area (Å²) in [6.45, 7) is 15.6. The van der Waals surface area contributed by atoms with Gasteiger partial charge in [0.2, 0.25) is 29.9 Å². The SMILES string of the molecule is CNC(C)C(=O)NCCCNCCCNC(=O)C1CCc2c(O)c3c(c(O)c2C1)C(=O)c1cccc(OC)c1C3=O.COC1CN(C2CCOC(C)C2O)CCO1.Cc1ccc(C#N)c(SC(C)C)n1.O=CCNC(=O)CCNC=O. The highest BCUT2D eigenvalue weighted by Crippen LogP contribution is 2.47. The molecule has 0 radical (unpaired) electrons. The number of hydrogen-bond donors (Lipinski definition) is 9. The number of ether oxygens (including phenoxy) is 4. The molecule has 0 spiro atoms. The van der Waals surface area contributed by atoms with Crippen molar-refractivity contribution in [2.75, 3.05) is 86.8 Å². The number of aryl methyl sites for hydroxylation is 1. The maximum Gasteiger partial charge on any atom is 0.236 e. The van der Waals surface area contributed by atoms with E-state index in [-0.39, 0.29) is 108 Å². The molecule has 4 amide bonds. The quantitative estimate of drug-likeness (QED) is 0.0236. The maximum atomic E-state index is 13.4. The number of nitrogens with zero attached hydrogens (tertiary/aromatic N) is 3. The summed E-state index contributed by atoms with van der Waals surface area (Å²) in [6, 6.07) is 10.4. The molecular formula is C57H81N9O14S. The lowest BCUT2D eigenvalue weighted by Gasteiger charge is -2.43. The Morgan fingerprint density at radius 3 is 2.27 bits per heavy atom. The molecule has 4 aliphatic rings. The Morgan fingerprint density at radius 2 is 1.62 bits per heavy atom. The number of likely N-dealkylation sites (N-methyl/N-ethyl adjacent to an activating group) is 1. The first kappa shape index (κ1) is 66.9. The number of pyridine rings is 1. The molecule has 9 N–H and O–H groups in total. The number of aldehydes is 1. The Morgan fingerprint density at radius 1 is 0.914 bits per heavy atom. The molecule has 7 rings (SSSR count). The number of thioether (sulfide) groups is 1. The van der Waals surface area contributed by atoms with E-state index in [1.165, 1.54) is 13.2 Å². The van der Waals surface area contributed by atoms with E-state index in [2.05, 4.69) is 61.7 Å². The zero-order valence-electron chi connectivity index (χ0n) is 47.7. The fourth-order valence-electron chi connectivity index (χ4n) is 9.29. The number of aliphatic hydroxyl groups excluding tert-OH is 1. The third-order valence-electron chi connectivity index (χ3n) is 13.8. The Kier molecular flexibility index (Phi) is 28.7. The molecule has 2 fully saturated rings. The van der Waals surface area contributed by atoms with E-state index >= 15 is 0 Å². The van der Waals surface area contributed by atoms with E-state index in [1.807, 2.05) is 26.0 Å². The van der Waals surface area contributed by atoms with E-state index in [0.717, 1.165) is 56.2 Å². The summed E-state index contributed by atoms with van der Waals surface area (Å²) in [4.78, 5) is 88.0.